The third-order valence-corrected chi connectivity index (χ3v) is 3.57. The zero-order valence-corrected chi connectivity index (χ0v) is 13.0. The average Bonchev–Trinajstić information content (AvgIpc) is 2.41. The van der Waals surface area contributed by atoms with E-state index in [1.54, 1.807) is 0 Å². The van der Waals surface area contributed by atoms with E-state index in [0.29, 0.717) is 0 Å². The maximum absolute atomic E-state index is 4.44. The van der Waals surface area contributed by atoms with Crippen LogP contribution in [0.25, 0.3) is 5.57 Å². The molecule has 0 aliphatic rings. The van der Waals surface area contributed by atoms with E-state index in [1.807, 2.05) is 18.5 Å². The maximum Gasteiger partial charge on any atom is 0.106 e. The summed E-state index contributed by atoms with van der Waals surface area (Å²) in [4.78, 5) is 8.71. The second-order valence-electron chi connectivity index (χ2n) is 4.63. The molecule has 0 amide bonds. The number of hydrogen-bond acceptors (Lipinski definition) is 2. The molecule has 2 rings (SSSR count). The molecule has 3 heteroatoms. The average molecular weight is 317 g/mol. The van der Waals surface area contributed by atoms with Crippen molar-refractivity contribution in [3.8, 4) is 0 Å². The molecule has 2 aromatic rings. The summed E-state index contributed by atoms with van der Waals surface area (Å²) in [5, 5.41) is 0. The van der Waals surface area contributed by atoms with Crippen LogP contribution in [0.4, 0.5) is 0 Å². The van der Waals surface area contributed by atoms with Gasteiger partial charge in [-0.05, 0) is 77.5 Å². The maximum atomic E-state index is 4.44. The number of pyridine rings is 2. The highest BCUT2D eigenvalue weighted by Gasteiger charge is 2.07. The van der Waals surface area contributed by atoms with E-state index < -0.39 is 0 Å². The summed E-state index contributed by atoms with van der Waals surface area (Å²) >= 11 is 3.36. The fraction of sp³-hybridized carbons (Fsp3) is 0.250. The minimum absolute atomic E-state index is 0.867. The van der Waals surface area contributed by atoms with Gasteiger partial charge in [0.25, 0.3) is 0 Å². The summed E-state index contributed by atoms with van der Waals surface area (Å²) in [6.45, 7) is 6.20. The molecule has 19 heavy (non-hydrogen) atoms. The molecule has 0 N–H and O–H groups in total. The van der Waals surface area contributed by atoms with E-state index in [9.17, 15) is 0 Å². The van der Waals surface area contributed by atoms with Gasteiger partial charge in [0.2, 0.25) is 0 Å². The van der Waals surface area contributed by atoms with E-state index in [1.165, 1.54) is 22.3 Å². The molecule has 0 spiro atoms. The number of aromatic nitrogens is 2. The van der Waals surface area contributed by atoms with Crippen LogP contribution in [-0.4, -0.2) is 9.97 Å². The highest BCUT2D eigenvalue weighted by Crippen LogP contribution is 2.23. The number of rotatable bonds is 3. The molecule has 0 aliphatic carbocycles. The second-order valence-corrected chi connectivity index (χ2v) is 5.44. The third kappa shape index (κ3) is 3.51. The molecule has 2 aromatic heterocycles. The van der Waals surface area contributed by atoms with Gasteiger partial charge in [0.1, 0.15) is 4.60 Å². The summed E-state index contributed by atoms with van der Waals surface area (Å²) in [6.07, 6.45) is 6.85. The van der Waals surface area contributed by atoms with E-state index in [0.717, 1.165) is 16.7 Å². The Balaban J connectivity index is 2.30. The SMILES string of the molecule is C/C=C(/Cc1ccc(Br)nc1)c1cc(C)cnc1C. The molecule has 0 saturated carbocycles. The van der Waals surface area contributed by atoms with Crippen LogP contribution < -0.4 is 0 Å². The van der Waals surface area contributed by atoms with Gasteiger partial charge in [-0.15, -0.1) is 0 Å². The van der Waals surface area contributed by atoms with Crippen LogP contribution in [0.1, 0.15) is 29.3 Å². The van der Waals surface area contributed by atoms with Crippen LogP contribution in [0, 0.1) is 13.8 Å². The Bertz CT molecular complexity index is 601. The summed E-state index contributed by atoms with van der Waals surface area (Å²) in [5.74, 6) is 0. The molecular formula is C16H17BrN2. The predicted molar refractivity (Wildman–Crippen MR) is 83.0 cm³/mol. The lowest BCUT2D eigenvalue weighted by Crippen LogP contribution is -1.97. The summed E-state index contributed by atoms with van der Waals surface area (Å²) in [5.41, 5.74) is 5.98. The molecule has 0 unspecified atom stereocenters. The molecule has 0 bridgehead atoms. The van der Waals surface area contributed by atoms with Crippen molar-refractivity contribution in [3.63, 3.8) is 0 Å². The standard InChI is InChI=1S/C16H17BrN2/c1-4-14(8-13-5-6-16(17)19-10-13)15-7-11(2)9-18-12(15)3/h4-7,9-10H,8H2,1-3H3/b14-4-. The van der Waals surface area contributed by atoms with Crippen LogP contribution in [-0.2, 0) is 6.42 Å². The van der Waals surface area contributed by atoms with Crippen LogP contribution in [0.15, 0.2) is 41.3 Å². The highest BCUT2D eigenvalue weighted by atomic mass is 79.9. The van der Waals surface area contributed by atoms with Crippen LogP contribution >= 0.6 is 15.9 Å². The highest BCUT2D eigenvalue weighted by molar-refractivity contribution is 9.10. The van der Waals surface area contributed by atoms with Crippen LogP contribution in [0.2, 0.25) is 0 Å². The van der Waals surface area contributed by atoms with Crippen molar-refractivity contribution in [2.45, 2.75) is 27.2 Å². The van der Waals surface area contributed by atoms with Crippen molar-refractivity contribution in [3.05, 3.63) is 63.7 Å². The van der Waals surface area contributed by atoms with Gasteiger partial charge in [0.05, 0.1) is 0 Å². The van der Waals surface area contributed by atoms with Gasteiger partial charge >= 0.3 is 0 Å². The smallest absolute Gasteiger partial charge is 0.106 e. The molecule has 98 valence electrons. The Morgan fingerprint density at radius 1 is 1.21 bits per heavy atom. The van der Waals surface area contributed by atoms with E-state index in [2.05, 4.69) is 64.9 Å². The van der Waals surface area contributed by atoms with Gasteiger partial charge in [0, 0.05) is 18.1 Å². The van der Waals surface area contributed by atoms with E-state index in [-0.39, 0.29) is 0 Å². The lowest BCUT2D eigenvalue weighted by atomic mass is 9.97. The van der Waals surface area contributed by atoms with Gasteiger partial charge < -0.3 is 0 Å². The van der Waals surface area contributed by atoms with Gasteiger partial charge in [-0.25, -0.2) is 4.98 Å². The van der Waals surface area contributed by atoms with Crippen molar-refractivity contribution in [1.82, 2.24) is 9.97 Å². The summed E-state index contributed by atoms with van der Waals surface area (Å²) < 4.78 is 0.867. The van der Waals surface area contributed by atoms with Gasteiger partial charge in [-0.1, -0.05) is 12.1 Å². The Hall–Kier alpha value is -1.48. The first-order valence-corrected chi connectivity index (χ1v) is 7.08. The Kier molecular flexibility index (Phi) is 4.48. The zero-order chi connectivity index (χ0) is 13.8. The Morgan fingerprint density at radius 2 is 2.00 bits per heavy atom. The minimum Gasteiger partial charge on any atom is -0.261 e. The van der Waals surface area contributed by atoms with Crippen LogP contribution in [0.3, 0.4) is 0 Å². The Labute approximate surface area is 122 Å². The quantitative estimate of drug-likeness (QED) is 0.779. The topological polar surface area (TPSA) is 25.8 Å². The number of aryl methyl sites for hydroxylation is 2. The zero-order valence-electron chi connectivity index (χ0n) is 11.4. The monoisotopic (exact) mass is 316 g/mol. The number of halogens is 1. The number of nitrogens with zero attached hydrogens (tertiary/aromatic N) is 2. The largest absolute Gasteiger partial charge is 0.261 e. The minimum atomic E-state index is 0.867. The molecule has 0 radical (unpaired) electrons. The fourth-order valence-electron chi connectivity index (χ4n) is 2.05. The van der Waals surface area contributed by atoms with E-state index >= 15 is 0 Å². The van der Waals surface area contributed by atoms with Crippen molar-refractivity contribution in [2.24, 2.45) is 0 Å². The van der Waals surface area contributed by atoms with Crippen molar-refractivity contribution in [2.75, 3.05) is 0 Å². The normalized spacial score (nSPS) is 11.7. The third-order valence-electron chi connectivity index (χ3n) is 3.10. The fourth-order valence-corrected chi connectivity index (χ4v) is 2.28. The molecule has 0 fully saturated rings. The molecular weight excluding hydrogens is 300 g/mol. The van der Waals surface area contributed by atoms with Crippen molar-refractivity contribution < 1.29 is 0 Å². The van der Waals surface area contributed by atoms with Gasteiger partial charge in [0.15, 0.2) is 0 Å². The molecule has 2 nitrogen and oxygen atoms in total. The molecule has 0 atom stereocenters. The van der Waals surface area contributed by atoms with Gasteiger partial charge in [-0.2, -0.15) is 0 Å². The Morgan fingerprint density at radius 3 is 2.63 bits per heavy atom. The van der Waals surface area contributed by atoms with Gasteiger partial charge in [-0.3, -0.25) is 4.98 Å². The summed E-state index contributed by atoms with van der Waals surface area (Å²) in [7, 11) is 0. The lowest BCUT2D eigenvalue weighted by Gasteiger charge is -2.11. The predicted octanol–water partition coefficient (Wildman–Crippen LogP) is 4.50. The molecule has 0 aliphatic heterocycles. The number of allylic oxidation sites excluding steroid dienone is 2. The molecule has 2 heterocycles. The van der Waals surface area contributed by atoms with E-state index in [4.69, 9.17) is 0 Å². The van der Waals surface area contributed by atoms with Crippen molar-refractivity contribution >= 4 is 21.5 Å². The second kappa shape index (κ2) is 6.11. The molecule has 0 aromatic carbocycles. The molecule has 0 saturated heterocycles. The first-order chi connectivity index (χ1) is 9.10. The lowest BCUT2D eigenvalue weighted by molar-refractivity contribution is 1.12. The first kappa shape index (κ1) is 13.9. The van der Waals surface area contributed by atoms with Crippen molar-refractivity contribution in [1.29, 1.82) is 0 Å². The number of hydrogen-bond donors (Lipinski definition) is 0. The first-order valence-electron chi connectivity index (χ1n) is 6.29. The van der Waals surface area contributed by atoms with Crippen LogP contribution in [0.5, 0.6) is 0 Å². The summed E-state index contributed by atoms with van der Waals surface area (Å²) in [6, 6.07) is 6.27.